The van der Waals surface area contributed by atoms with Crippen LogP contribution in [0.5, 0.6) is 0 Å². The number of hydrogen-bond acceptors (Lipinski definition) is 2. The SMILES string of the molecule is NCC(c1ccc(F)cc1F)C(O)CC1CCCCC1. The maximum atomic E-state index is 13.8. The molecule has 1 aliphatic carbocycles. The largest absolute Gasteiger partial charge is 0.392 e. The van der Waals surface area contributed by atoms with Gasteiger partial charge in [0.1, 0.15) is 11.6 Å². The van der Waals surface area contributed by atoms with E-state index in [9.17, 15) is 13.9 Å². The summed E-state index contributed by atoms with van der Waals surface area (Å²) in [6.07, 6.45) is 5.91. The standard InChI is InChI=1S/C16H23F2NO/c17-12-6-7-13(15(18)9-12)14(10-19)16(20)8-11-4-2-1-3-5-11/h6-7,9,11,14,16,20H,1-5,8,10,19H2. The van der Waals surface area contributed by atoms with E-state index in [1.165, 1.54) is 31.4 Å². The van der Waals surface area contributed by atoms with Crippen molar-refractivity contribution in [2.75, 3.05) is 6.54 Å². The van der Waals surface area contributed by atoms with E-state index in [4.69, 9.17) is 5.73 Å². The third-order valence-corrected chi connectivity index (χ3v) is 4.38. The van der Waals surface area contributed by atoms with Gasteiger partial charge in [-0.3, -0.25) is 0 Å². The number of benzene rings is 1. The lowest BCUT2D eigenvalue weighted by atomic mass is 9.81. The Labute approximate surface area is 119 Å². The third-order valence-electron chi connectivity index (χ3n) is 4.38. The first kappa shape index (κ1) is 15.4. The maximum Gasteiger partial charge on any atom is 0.129 e. The van der Waals surface area contributed by atoms with E-state index < -0.39 is 23.7 Å². The minimum absolute atomic E-state index is 0.163. The summed E-state index contributed by atoms with van der Waals surface area (Å²) in [6, 6.07) is 3.46. The Balaban J connectivity index is 2.06. The van der Waals surface area contributed by atoms with Crippen LogP contribution >= 0.6 is 0 Å². The van der Waals surface area contributed by atoms with E-state index in [0.717, 1.165) is 18.9 Å². The molecule has 112 valence electrons. The Morgan fingerprint density at radius 3 is 2.50 bits per heavy atom. The highest BCUT2D eigenvalue weighted by molar-refractivity contribution is 5.24. The Bertz CT molecular complexity index is 432. The third kappa shape index (κ3) is 3.76. The van der Waals surface area contributed by atoms with Crippen LogP contribution in [0.3, 0.4) is 0 Å². The highest BCUT2D eigenvalue weighted by atomic mass is 19.1. The zero-order valence-corrected chi connectivity index (χ0v) is 11.7. The Hall–Kier alpha value is -1.00. The maximum absolute atomic E-state index is 13.8. The molecule has 0 bridgehead atoms. The summed E-state index contributed by atoms with van der Waals surface area (Å²) in [5, 5.41) is 10.4. The van der Waals surface area contributed by atoms with Crippen LogP contribution in [-0.4, -0.2) is 17.8 Å². The molecule has 2 unspecified atom stereocenters. The number of halogens is 2. The first-order valence-electron chi connectivity index (χ1n) is 7.45. The van der Waals surface area contributed by atoms with E-state index in [0.29, 0.717) is 17.9 Å². The van der Waals surface area contributed by atoms with E-state index in [1.807, 2.05) is 0 Å². The molecule has 4 heteroatoms. The van der Waals surface area contributed by atoms with Gasteiger partial charge in [-0.1, -0.05) is 38.2 Å². The Morgan fingerprint density at radius 1 is 1.20 bits per heavy atom. The molecule has 0 saturated heterocycles. The van der Waals surface area contributed by atoms with Gasteiger partial charge in [0.15, 0.2) is 0 Å². The highest BCUT2D eigenvalue weighted by Gasteiger charge is 2.26. The minimum Gasteiger partial charge on any atom is -0.392 e. The summed E-state index contributed by atoms with van der Waals surface area (Å²) >= 11 is 0. The summed E-state index contributed by atoms with van der Waals surface area (Å²) in [7, 11) is 0. The molecule has 2 rings (SSSR count). The summed E-state index contributed by atoms with van der Waals surface area (Å²) in [6.45, 7) is 0.163. The van der Waals surface area contributed by atoms with Crippen molar-refractivity contribution in [2.45, 2.75) is 50.5 Å². The lowest BCUT2D eigenvalue weighted by molar-refractivity contribution is 0.104. The number of hydrogen-bond donors (Lipinski definition) is 2. The monoisotopic (exact) mass is 283 g/mol. The predicted molar refractivity (Wildman–Crippen MR) is 75.4 cm³/mol. The number of aliphatic hydroxyl groups excluding tert-OH is 1. The van der Waals surface area contributed by atoms with Crippen LogP contribution in [0.25, 0.3) is 0 Å². The summed E-state index contributed by atoms with van der Waals surface area (Å²) in [4.78, 5) is 0. The average molecular weight is 283 g/mol. The van der Waals surface area contributed by atoms with Crippen molar-refractivity contribution in [2.24, 2.45) is 11.7 Å². The molecule has 0 radical (unpaired) electrons. The van der Waals surface area contributed by atoms with Crippen molar-refractivity contribution < 1.29 is 13.9 Å². The van der Waals surface area contributed by atoms with E-state index in [-0.39, 0.29) is 6.54 Å². The topological polar surface area (TPSA) is 46.2 Å². The Kier molecular flexibility index (Phi) is 5.49. The predicted octanol–water partition coefficient (Wildman–Crippen LogP) is 3.34. The Morgan fingerprint density at radius 2 is 1.90 bits per heavy atom. The van der Waals surface area contributed by atoms with Gasteiger partial charge in [0.05, 0.1) is 6.10 Å². The highest BCUT2D eigenvalue weighted by Crippen LogP contribution is 2.32. The van der Waals surface area contributed by atoms with Crippen LogP contribution < -0.4 is 5.73 Å². The molecule has 0 aromatic heterocycles. The van der Waals surface area contributed by atoms with Crippen LogP contribution in [0.15, 0.2) is 18.2 Å². The molecule has 20 heavy (non-hydrogen) atoms. The smallest absolute Gasteiger partial charge is 0.129 e. The summed E-state index contributed by atoms with van der Waals surface area (Å²) in [5.74, 6) is -1.19. The molecular formula is C16H23F2NO. The molecule has 1 saturated carbocycles. The lowest BCUT2D eigenvalue weighted by Crippen LogP contribution is -2.29. The molecule has 2 nitrogen and oxygen atoms in total. The fourth-order valence-corrected chi connectivity index (χ4v) is 3.22. The van der Waals surface area contributed by atoms with Crippen molar-refractivity contribution in [1.29, 1.82) is 0 Å². The fourth-order valence-electron chi connectivity index (χ4n) is 3.22. The van der Waals surface area contributed by atoms with Gasteiger partial charge in [-0.2, -0.15) is 0 Å². The molecule has 1 fully saturated rings. The zero-order valence-electron chi connectivity index (χ0n) is 11.7. The van der Waals surface area contributed by atoms with Crippen LogP contribution in [0.2, 0.25) is 0 Å². The van der Waals surface area contributed by atoms with Gasteiger partial charge in [-0.25, -0.2) is 8.78 Å². The van der Waals surface area contributed by atoms with E-state index >= 15 is 0 Å². The molecule has 2 atom stereocenters. The van der Waals surface area contributed by atoms with Crippen LogP contribution in [-0.2, 0) is 0 Å². The van der Waals surface area contributed by atoms with Crippen LogP contribution in [0, 0.1) is 17.6 Å². The number of rotatable bonds is 5. The van der Waals surface area contributed by atoms with Crippen molar-refractivity contribution in [1.82, 2.24) is 0 Å². The van der Waals surface area contributed by atoms with Crippen molar-refractivity contribution in [3.63, 3.8) is 0 Å². The van der Waals surface area contributed by atoms with Gasteiger partial charge in [0, 0.05) is 18.5 Å². The van der Waals surface area contributed by atoms with Crippen molar-refractivity contribution in [3.05, 3.63) is 35.4 Å². The molecule has 0 amide bonds. The molecular weight excluding hydrogens is 260 g/mol. The normalized spacial score (nSPS) is 19.8. The van der Waals surface area contributed by atoms with E-state index in [1.54, 1.807) is 0 Å². The van der Waals surface area contributed by atoms with Gasteiger partial charge in [0.2, 0.25) is 0 Å². The fraction of sp³-hybridized carbons (Fsp3) is 0.625. The minimum atomic E-state index is -0.664. The summed E-state index contributed by atoms with van der Waals surface area (Å²) in [5.41, 5.74) is 6.01. The van der Waals surface area contributed by atoms with E-state index in [2.05, 4.69) is 0 Å². The number of nitrogens with two attached hydrogens (primary N) is 1. The first-order chi connectivity index (χ1) is 9.61. The van der Waals surface area contributed by atoms with Crippen LogP contribution in [0.1, 0.15) is 50.0 Å². The quantitative estimate of drug-likeness (QED) is 0.870. The lowest BCUT2D eigenvalue weighted by Gasteiger charge is -2.28. The second-order valence-corrected chi connectivity index (χ2v) is 5.82. The number of aliphatic hydroxyl groups is 1. The van der Waals surface area contributed by atoms with Crippen LogP contribution in [0.4, 0.5) is 8.78 Å². The second-order valence-electron chi connectivity index (χ2n) is 5.82. The van der Waals surface area contributed by atoms with Crippen molar-refractivity contribution in [3.8, 4) is 0 Å². The van der Waals surface area contributed by atoms with Gasteiger partial charge in [-0.05, 0) is 24.0 Å². The molecule has 1 aliphatic rings. The average Bonchev–Trinajstić information content (AvgIpc) is 2.43. The first-order valence-corrected chi connectivity index (χ1v) is 7.45. The summed E-state index contributed by atoms with van der Waals surface area (Å²) < 4.78 is 26.8. The molecule has 1 aromatic rings. The van der Waals surface area contributed by atoms with Gasteiger partial charge >= 0.3 is 0 Å². The molecule has 0 heterocycles. The van der Waals surface area contributed by atoms with Gasteiger partial charge in [-0.15, -0.1) is 0 Å². The molecule has 0 spiro atoms. The second kappa shape index (κ2) is 7.14. The molecule has 1 aromatic carbocycles. The zero-order chi connectivity index (χ0) is 14.5. The van der Waals surface area contributed by atoms with Crippen molar-refractivity contribution >= 4 is 0 Å². The molecule has 0 aliphatic heterocycles. The van der Waals surface area contributed by atoms with Gasteiger partial charge in [0.25, 0.3) is 0 Å². The molecule has 3 N–H and O–H groups in total. The van der Waals surface area contributed by atoms with Gasteiger partial charge < -0.3 is 10.8 Å².